The number of ether oxygens (including phenoxy) is 1. The molecule has 21 heavy (non-hydrogen) atoms. The second-order valence-corrected chi connectivity index (χ2v) is 6.29. The first-order chi connectivity index (χ1) is 10.00. The average Bonchev–Trinajstić information content (AvgIpc) is 2.48. The van der Waals surface area contributed by atoms with E-state index in [9.17, 15) is 13.2 Å². The molecular formula is C15H15NO4S. The first kappa shape index (κ1) is 15.1. The Hall–Kier alpha value is -2.34. The van der Waals surface area contributed by atoms with Gasteiger partial charge in [-0.05, 0) is 43.3 Å². The van der Waals surface area contributed by atoms with Crippen LogP contribution in [0.5, 0.6) is 11.5 Å². The lowest BCUT2D eigenvalue weighted by atomic mass is 10.2. The van der Waals surface area contributed by atoms with Gasteiger partial charge < -0.3 is 4.74 Å². The van der Waals surface area contributed by atoms with Crippen LogP contribution in [0.15, 0.2) is 54.6 Å². The zero-order valence-electron chi connectivity index (χ0n) is 11.4. The Morgan fingerprint density at radius 1 is 1.00 bits per heavy atom. The minimum Gasteiger partial charge on any atom is -0.457 e. The van der Waals surface area contributed by atoms with Gasteiger partial charge in [0.2, 0.25) is 10.0 Å². The van der Waals surface area contributed by atoms with Crippen LogP contribution >= 0.6 is 0 Å². The van der Waals surface area contributed by atoms with Crippen LogP contribution in [0.1, 0.15) is 17.3 Å². The van der Waals surface area contributed by atoms with Crippen LogP contribution in [-0.2, 0) is 10.0 Å². The molecule has 0 spiro atoms. The highest BCUT2D eigenvalue weighted by molar-refractivity contribution is 7.90. The van der Waals surface area contributed by atoms with Gasteiger partial charge in [-0.2, -0.15) is 0 Å². The summed E-state index contributed by atoms with van der Waals surface area (Å²) in [6.07, 6.45) is 0. The number of hydrogen-bond donors (Lipinski definition) is 1. The van der Waals surface area contributed by atoms with Crippen molar-refractivity contribution in [3.63, 3.8) is 0 Å². The van der Waals surface area contributed by atoms with Crippen LogP contribution < -0.4 is 9.46 Å². The first-order valence-electron chi connectivity index (χ1n) is 6.38. The molecule has 2 rings (SSSR count). The minimum absolute atomic E-state index is 0.145. The number of para-hydroxylation sites is 1. The van der Waals surface area contributed by atoms with E-state index < -0.39 is 15.9 Å². The SMILES string of the molecule is CCS(=O)(=O)NC(=O)c1ccc(Oc2ccccc2)cc1. The van der Waals surface area contributed by atoms with E-state index in [-0.39, 0.29) is 11.3 Å². The molecule has 0 saturated carbocycles. The van der Waals surface area contributed by atoms with E-state index in [1.807, 2.05) is 35.1 Å². The van der Waals surface area contributed by atoms with Gasteiger partial charge in [0.25, 0.3) is 5.91 Å². The molecule has 2 aromatic carbocycles. The fourth-order valence-corrected chi connectivity index (χ4v) is 2.12. The molecule has 1 amide bonds. The Bertz CT molecular complexity index is 709. The van der Waals surface area contributed by atoms with Gasteiger partial charge in [-0.25, -0.2) is 13.1 Å². The largest absolute Gasteiger partial charge is 0.457 e. The topological polar surface area (TPSA) is 72.5 Å². The fraction of sp³-hybridized carbons (Fsp3) is 0.133. The Kier molecular flexibility index (Phi) is 4.59. The highest BCUT2D eigenvalue weighted by atomic mass is 32.2. The van der Waals surface area contributed by atoms with Crippen molar-refractivity contribution in [1.29, 1.82) is 0 Å². The molecule has 0 aliphatic carbocycles. The maximum absolute atomic E-state index is 11.8. The van der Waals surface area contributed by atoms with Crippen molar-refractivity contribution in [2.24, 2.45) is 0 Å². The number of carbonyl (C=O) groups is 1. The van der Waals surface area contributed by atoms with Gasteiger partial charge in [0, 0.05) is 5.56 Å². The molecule has 1 N–H and O–H groups in total. The summed E-state index contributed by atoms with van der Waals surface area (Å²) in [5.74, 6) is 0.455. The van der Waals surface area contributed by atoms with Crippen molar-refractivity contribution in [2.75, 3.05) is 5.75 Å². The molecule has 0 atom stereocenters. The molecule has 2 aromatic rings. The van der Waals surface area contributed by atoms with Gasteiger partial charge in [0.15, 0.2) is 0 Å². The first-order valence-corrected chi connectivity index (χ1v) is 8.03. The molecule has 5 nitrogen and oxygen atoms in total. The monoisotopic (exact) mass is 305 g/mol. The van der Waals surface area contributed by atoms with Gasteiger partial charge in [-0.15, -0.1) is 0 Å². The van der Waals surface area contributed by atoms with Crippen LogP contribution in [0.4, 0.5) is 0 Å². The maximum atomic E-state index is 11.8. The smallest absolute Gasteiger partial charge is 0.264 e. The van der Waals surface area contributed by atoms with E-state index in [1.165, 1.54) is 19.1 Å². The lowest BCUT2D eigenvalue weighted by Crippen LogP contribution is -2.31. The van der Waals surface area contributed by atoms with Gasteiger partial charge in [0.1, 0.15) is 11.5 Å². The lowest BCUT2D eigenvalue weighted by Gasteiger charge is -2.07. The predicted molar refractivity (Wildman–Crippen MR) is 79.9 cm³/mol. The molecule has 6 heteroatoms. The van der Waals surface area contributed by atoms with E-state index in [4.69, 9.17) is 4.74 Å². The number of hydrogen-bond acceptors (Lipinski definition) is 4. The second-order valence-electron chi connectivity index (χ2n) is 4.27. The Morgan fingerprint density at radius 2 is 1.57 bits per heavy atom. The van der Waals surface area contributed by atoms with Crippen molar-refractivity contribution in [3.05, 3.63) is 60.2 Å². The highest BCUT2D eigenvalue weighted by Crippen LogP contribution is 2.21. The van der Waals surface area contributed by atoms with E-state index in [0.717, 1.165) is 0 Å². The number of amides is 1. The zero-order chi connectivity index (χ0) is 15.3. The molecule has 110 valence electrons. The molecule has 0 aliphatic heterocycles. The number of nitrogens with one attached hydrogen (secondary N) is 1. The summed E-state index contributed by atoms with van der Waals surface area (Å²) < 4.78 is 30.2. The Morgan fingerprint density at radius 3 is 2.14 bits per heavy atom. The lowest BCUT2D eigenvalue weighted by molar-refractivity contribution is 0.0981. The quantitative estimate of drug-likeness (QED) is 0.921. The van der Waals surface area contributed by atoms with Gasteiger partial charge in [0.05, 0.1) is 5.75 Å². The van der Waals surface area contributed by atoms with Crippen LogP contribution in [-0.4, -0.2) is 20.1 Å². The third kappa shape index (κ3) is 4.32. The summed E-state index contributed by atoms with van der Waals surface area (Å²) in [7, 11) is -3.56. The van der Waals surface area contributed by atoms with Crippen molar-refractivity contribution >= 4 is 15.9 Å². The normalized spacial score (nSPS) is 10.9. The van der Waals surface area contributed by atoms with Crippen LogP contribution in [0, 0.1) is 0 Å². The fourth-order valence-electron chi connectivity index (χ4n) is 1.57. The molecule has 0 heterocycles. The van der Waals surface area contributed by atoms with Gasteiger partial charge in [-0.3, -0.25) is 4.79 Å². The van der Waals surface area contributed by atoms with Crippen molar-refractivity contribution in [2.45, 2.75) is 6.92 Å². The molecule has 0 aromatic heterocycles. The molecular weight excluding hydrogens is 290 g/mol. The number of benzene rings is 2. The van der Waals surface area contributed by atoms with Crippen LogP contribution in [0.3, 0.4) is 0 Å². The molecule has 0 radical (unpaired) electrons. The Balaban J connectivity index is 2.07. The van der Waals surface area contributed by atoms with E-state index in [1.54, 1.807) is 12.1 Å². The highest BCUT2D eigenvalue weighted by Gasteiger charge is 2.13. The van der Waals surface area contributed by atoms with Crippen molar-refractivity contribution < 1.29 is 17.9 Å². The van der Waals surface area contributed by atoms with Crippen LogP contribution in [0.2, 0.25) is 0 Å². The molecule has 0 fully saturated rings. The summed E-state index contributed by atoms with van der Waals surface area (Å²) in [5, 5.41) is 0. The number of carbonyl (C=O) groups excluding carboxylic acids is 1. The molecule has 0 unspecified atom stereocenters. The number of sulfonamides is 1. The predicted octanol–water partition coefficient (Wildman–Crippen LogP) is 2.56. The van der Waals surface area contributed by atoms with Crippen molar-refractivity contribution in [1.82, 2.24) is 4.72 Å². The van der Waals surface area contributed by atoms with E-state index >= 15 is 0 Å². The Labute approximate surface area is 123 Å². The average molecular weight is 305 g/mol. The second kappa shape index (κ2) is 6.41. The van der Waals surface area contributed by atoms with Crippen LogP contribution in [0.25, 0.3) is 0 Å². The zero-order valence-corrected chi connectivity index (χ0v) is 12.3. The maximum Gasteiger partial charge on any atom is 0.264 e. The minimum atomic E-state index is -3.56. The van der Waals surface area contributed by atoms with E-state index in [2.05, 4.69) is 0 Å². The number of rotatable bonds is 5. The summed E-state index contributed by atoms with van der Waals surface area (Å²) in [5.41, 5.74) is 0.257. The molecule has 0 saturated heterocycles. The molecule has 0 bridgehead atoms. The summed E-state index contributed by atoms with van der Waals surface area (Å²) in [6, 6.07) is 15.5. The van der Waals surface area contributed by atoms with E-state index in [0.29, 0.717) is 11.5 Å². The summed E-state index contributed by atoms with van der Waals surface area (Å²) in [6.45, 7) is 1.46. The molecule has 0 aliphatic rings. The van der Waals surface area contributed by atoms with Gasteiger partial charge in [-0.1, -0.05) is 18.2 Å². The standard InChI is InChI=1S/C15H15NO4S/c1-2-21(18,19)16-15(17)12-8-10-14(11-9-12)20-13-6-4-3-5-7-13/h3-11H,2H2,1H3,(H,16,17). The third-order valence-corrected chi connectivity index (χ3v) is 3.98. The van der Waals surface area contributed by atoms with Gasteiger partial charge >= 0.3 is 0 Å². The summed E-state index contributed by atoms with van der Waals surface area (Å²) >= 11 is 0. The van der Waals surface area contributed by atoms with Crippen molar-refractivity contribution in [3.8, 4) is 11.5 Å². The third-order valence-electron chi connectivity index (χ3n) is 2.72. The summed E-state index contributed by atoms with van der Waals surface area (Å²) in [4.78, 5) is 11.8.